The Morgan fingerprint density at radius 1 is 1.21 bits per heavy atom. The molecule has 2 N–H and O–H groups in total. The van der Waals surface area contributed by atoms with Crippen molar-refractivity contribution >= 4 is 10.0 Å². The van der Waals surface area contributed by atoms with E-state index in [4.69, 9.17) is 4.74 Å². The third-order valence-electron chi connectivity index (χ3n) is 5.67. The zero-order valence-corrected chi connectivity index (χ0v) is 17.4. The topological polar surface area (TPSA) is 106 Å². The molecule has 0 radical (unpaired) electrons. The first-order valence-corrected chi connectivity index (χ1v) is 11.7. The van der Waals surface area contributed by atoms with E-state index in [1.165, 1.54) is 12.8 Å². The fourth-order valence-electron chi connectivity index (χ4n) is 3.73. The van der Waals surface area contributed by atoms with Gasteiger partial charge in [0.15, 0.2) is 0 Å². The number of aliphatic hydroxyl groups is 1. The van der Waals surface area contributed by atoms with Gasteiger partial charge >= 0.3 is 0 Å². The van der Waals surface area contributed by atoms with Crippen LogP contribution in [0.3, 0.4) is 0 Å². The molecule has 158 valence electrons. The summed E-state index contributed by atoms with van der Waals surface area (Å²) in [4.78, 5) is 0.222. The van der Waals surface area contributed by atoms with Crippen LogP contribution in [0.4, 0.5) is 0 Å². The van der Waals surface area contributed by atoms with Crippen molar-refractivity contribution < 1.29 is 18.3 Å². The van der Waals surface area contributed by atoms with E-state index in [2.05, 4.69) is 15.0 Å². The lowest BCUT2D eigenvalue weighted by molar-refractivity contribution is -0.0891. The third kappa shape index (κ3) is 5.03. The maximum atomic E-state index is 12.7. The minimum Gasteiger partial charge on any atom is -0.394 e. The molecule has 0 amide bonds. The van der Waals surface area contributed by atoms with Gasteiger partial charge in [0, 0.05) is 18.7 Å². The first kappa shape index (κ1) is 20.5. The Bertz CT molecular complexity index is 924. The number of nitrogens with one attached hydrogen (secondary N) is 1. The number of hydrogen-bond acceptors (Lipinski definition) is 6. The zero-order chi connectivity index (χ0) is 20.4. The molecule has 1 aromatic heterocycles. The Balaban J connectivity index is 1.32. The second kappa shape index (κ2) is 8.51. The largest absolute Gasteiger partial charge is 0.394 e. The van der Waals surface area contributed by atoms with Crippen LogP contribution in [0, 0.1) is 6.92 Å². The van der Waals surface area contributed by atoms with Gasteiger partial charge < -0.3 is 9.84 Å². The molecule has 1 aliphatic heterocycles. The molecular formula is C20H28N4O4S. The molecule has 1 saturated heterocycles. The highest BCUT2D eigenvalue weighted by Crippen LogP contribution is 2.38. The zero-order valence-electron chi connectivity index (χ0n) is 16.6. The van der Waals surface area contributed by atoms with Gasteiger partial charge in [0.05, 0.1) is 35.4 Å². The molecule has 1 aromatic carbocycles. The van der Waals surface area contributed by atoms with Crippen LogP contribution in [-0.2, 0) is 21.3 Å². The number of sulfonamides is 1. The lowest BCUT2D eigenvalue weighted by Crippen LogP contribution is -2.50. The molecule has 2 aromatic rings. The molecule has 9 heteroatoms. The smallest absolute Gasteiger partial charge is 0.240 e. The van der Waals surface area contributed by atoms with Crippen molar-refractivity contribution in [3.63, 3.8) is 0 Å². The fraction of sp³-hybridized carbons (Fsp3) is 0.600. The van der Waals surface area contributed by atoms with E-state index in [0.29, 0.717) is 18.9 Å². The highest BCUT2D eigenvalue weighted by atomic mass is 32.2. The van der Waals surface area contributed by atoms with Gasteiger partial charge in [-0.05, 0) is 51.2 Å². The average Bonchev–Trinajstić information content (AvgIpc) is 3.45. The van der Waals surface area contributed by atoms with Gasteiger partial charge in [0.25, 0.3) is 0 Å². The van der Waals surface area contributed by atoms with Crippen molar-refractivity contribution in [3.05, 3.63) is 41.7 Å². The molecule has 0 spiro atoms. The standard InChI is InChI=1S/C20H28N4O4S/c1-14-2-7-17(8-3-14)29(26,27)22-18-9-6-16(28-20(18)13-25)10-11-24-12-19(21-23-24)15-4-5-15/h2-3,7-8,12,15-16,18,20,22,25H,4-6,9-11,13H2,1H3/t16-,18-,20-/m1/s1. The van der Waals surface area contributed by atoms with Crippen LogP contribution in [0.15, 0.2) is 35.4 Å². The van der Waals surface area contributed by atoms with Gasteiger partial charge in [0.1, 0.15) is 0 Å². The molecule has 0 unspecified atom stereocenters. The van der Waals surface area contributed by atoms with Gasteiger partial charge in [0.2, 0.25) is 10.0 Å². The van der Waals surface area contributed by atoms with Crippen molar-refractivity contribution in [1.29, 1.82) is 0 Å². The van der Waals surface area contributed by atoms with Crippen LogP contribution in [0.5, 0.6) is 0 Å². The van der Waals surface area contributed by atoms with Gasteiger partial charge in [-0.3, -0.25) is 4.68 Å². The second-order valence-electron chi connectivity index (χ2n) is 8.07. The highest BCUT2D eigenvalue weighted by Gasteiger charge is 2.34. The van der Waals surface area contributed by atoms with E-state index < -0.39 is 22.2 Å². The van der Waals surface area contributed by atoms with Crippen molar-refractivity contribution in [3.8, 4) is 0 Å². The first-order chi connectivity index (χ1) is 13.9. The van der Waals surface area contributed by atoms with Crippen molar-refractivity contribution in [1.82, 2.24) is 19.7 Å². The maximum Gasteiger partial charge on any atom is 0.240 e. The first-order valence-electron chi connectivity index (χ1n) is 10.2. The van der Waals surface area contributed by atoms with E-state index in [-0.39, 0.29) is 17.6 Å². The molecule has 0 bridgehead atoms. The summed E-state index contributed by atoms with van der Waals surface area (Å²) in [5.74, 6) is 0.579. The molecule has 2 fully saturated rings. The summed E-state index contributed by atoms with van der Waals surface area (Å²) in [5.41, 5.74) is 2.06. The number of hydrogen-bond donors (Lipinski definition) is 2. The number of aryl methyl sites for hydroxylation is 2. The summed E-state index contributed by atoms with van der Waals surface area (Å²) >= 11 is 0. The van der Waals surface area contributed by atoms with Crippen LogP contribution in [0.1, 0.15) is 49.3 Å². The van der Waals surface area contributed by atoms with E-state index in [1.54, 1.807) is 24.3 Å². The summed E-state index contributed by atoms with van der Waals surface area (Å²) in [6, 6.07) is 6.27. The summed E-state index contributed by atoms with van der Waals surface area (Å²) < 4.78 is 35.9. The third-order valence-corrected chi connectivity index (χ3v) is 7.17. The number of benzene rings is 1. The molecule has 4 rings (SSSR count). The van der Waals surface area contributed by atoms with Crippen molar-refractivity contribution in [2.45, 2.75) is 74.6 Å². The van der Waals surface area contributed by atoms with Crippen LogP contribution < -0.4 is 4.72 Å². The molecular weight excluding hydrogens is 392 g/mol. The van der Waals surface area contributed by atoms with Crippen LogP contribution in [-0.4, -0.2) is 53.4 Å². The van der Waals surface area contributed by atoms with Gasteiger partial charge in [-0.15, -0.1) is 5.10 Å². The maximum absolute atomic E-state index is 12.7. The predicted octanol–water partition coefficient (Wildman–Crippen LogP) is 1.74. The van der Waals surface area contributed by atoms with Crippen molar-refractivity contribution in [2.24, 2.45) is 0 Å². The molecule has 8 nitrogen and oxygen atoms in total. The highest BCUT2D eigenvalue weighted by molar-refractivity contribution is 7.89. The quantitative estimate of drug-likeness (QED) is 0.674. The van der Waals surface area contributed by atoms with Gasteiger partial charge in [-0.25, -0.2) is 13.1 Å². The molecule has 3 atom stereocenters. The Kier molecular flexibility index (Phi) is 6.00. The lowest BCUT2D eigenvalue weighted by Gasteiger charge is -2.36. The number of nitrogens with zero attached hydrogens (tertiary/aromatic N) is 3. The minimum atomic E-state index is -3.66. The predicted molar refractivity (Wildman–Crippen MR) is 107 cm³/mol. The van der Waals surface area contributed by atoms with E-state index in [9.17, 15) is 13.5 Å². The van der Waals surface area contributed by atoms with Crippen LogP contribution in [0.25, 0.3) is 0 Å². The normalized spacial score (nSPS) is 25.2. The van der Waals surface area contributed by atoms with E-state index in [0.717, 1.165) is 24.1 Å². The summed E-state index contributed by atoms with van der Waals surface area (Å²) in [6.45, 7) is 2.38. The van der Waals surface area contributed by atoms with E-state index in [1.807, 2.05) is 17.8 Å². The number of rotatable bonds is 8. The van der Waals surface area contributed by atoms with Crippen molar-refractivity contribution in [2.75, 3.05) is 6.61 Å². The SMILES string of the molecule is Cc1ccc(S(=O)(=O)N[C@@H]2CC[C@H](CCn3cc(C4CC4)nn3)O[C@@H]2CO)cc1. The Morgan fingerprint density at radius 2 is 1.97 bits per heavy atom. The van der Waals surface area contributed by atoms with Gasteiger partial charge in [-0.1, -0.05) is 22.9 Å². The fourth-order valence-corrected chi connectivity index (χ4v) is 5.03. The molecule has 2 heterocycles. The Morgan fingerprint density at radius 3 is 2.66 bits per heavy atom. The number of ether oxygens (including phenoxy) is 1. The number of aliphatic hydroxyl groups excluding tert-OH is 1. The average molecular weight is 421 g/mol. The molecule has 1 aliphatic carbocycles. The minimum absolute atomic E-state index is 0.0409. The monoisotopic (exact) mass is 420 g/mol. The summed E-state index contributed by atoms with van der Waals surface area (Å²) in [7, 11) is -3.66. The lowest BCUT2D eigenvalue weighted by atomic mass is 9.98. The molecule has 2 aliphatic rings. The van der Waals surface area contributed by atoms with Crippen LogP contribution >= 0.6 is 0 Å². The summed E-state index contributed by atoms with van der Waals surface area (Å²) in [5, 5.41) is 18.1. The van der Waals surface area contributed by atoms with Crippen LogP contribution in [0.2, 0.25) is 0 Å². The Labute approximate surface area is 171 Å². The second-order valence-corrected chi connectivity index (χ2v) is 9.78. The van der Waals surface area contributed by atoms with E-state index >= 15 is 0 Å². The summed E-state index contributed by atoms with van der Waals surface area (Å²) in [6.07, 6.45) is 5.88. The molecule has 29 heavy (non-hydrogen) atoms. The van der Waals surface area contributed by atoms with Gasteiger partial charge in [-0.2, -0.15) is 0 Å². The molecule has 1 saturated carbocycles. The Hall–Kier alpha value is -1.81. The number of aromatic nitrogens is 3.